The summed E-state index contributed by atoms with van der Waals surface area (Å²) >= 11 is 5.80. The Kier molecular flexibility index (Phi) is 7.29. The number of carbonyl (C=O) groups is 2. The lowest BCUT2D eigenvalue weighted by molar-refractivity contribution is -0.150. The third kappa shape index (κ3) is 6.47. The molecule has 0 spiro atoms. The molecule has 0 aliphatic rings. The van der Waals surface area contributed by atoms with Crippen molar-refractivity contribution in [1.82, 2.24) is 5.32 Å². The highest BCUT2D eigenvalue weighted by atomic mass is 35.5. The van der Waals surface area contributed by atoms with E-state index in [2.05, 4.69) is 5.32 Å². The molecule has 1 N–H and O–H groups in total. The highest BCUT2D eigenvalue weighted by Gasteiger charge is 2.09. The number of amides is 1. The van der Waals surface area contributed by atoms with Crippen LogP contribution in [-0.4, -0.2) is 25.1 Å². The molecule has 0 aromatic heterocycles. The predicted molar refractivity (Wildman–Crippen MR) is 95.6 cm³/mol. The van der Waals surface area contributed by atoms with Crippen molar-refractivity contribution in [2.45, 2.75) is 19.9 Å². The summed E-state index contributed by atoms with van der Waals surface area (Å²) in [6, 6.07) is 14.6. The topological polar surface area (TPSA) is 64.6 Å². The van der Waals surface area contributed by atoms with Gasteiger partial charge in [-0.05, 0) is 35.7 Å². The van der Waals surface area contributed by atoms with Gasteiger partial charge in [0.25, 0.3) is 5.91 Å². The number of esters is 1. The molecular weight excluding hydrogens is 342 g/mol. The van der Waals surface area contributed by atoms with Crippen LogP contribution in [0.3, 0.4) is 0 Å². The second kappa shape index (κ2) is 9.69. The number of para-hydroxylation sites is 1. The van der Waals surface area contributed by atoms with Crippen LogP contribution in [0.15, 0.2) is 48.5 Å². The minimum absolute atomic E-state index is 0.235. The van der Waals surface area contributed by atoms with Crippen LogP contribution in [0.4, 0.5) is 0 Å². The van der Waals surface area contributed by atoms with Crippen molar-refractivity contribution in [2.24, 2.45) is 0 Å². The first kappa shape index (κ1) is 18.8. The molecule has 25 heavy (non-hydrogen) atoms. The number of halogens is 1. The van der Waals surface area contributed by atoms with Gasteiger partial charge in [-0.2, -0.15) is 0 Å². The van der Waals surface area contributed by atoms with Crippen LogP contribution in [0.2, 0.25) is 5.02 Å². The van der Waals surface area contributed by atoms with Gasteiger partial charge in [0.2, 0.25) is 0 Å². The first-order valence-corrected chi connectivity index (χ1v) is 8.33. The van der Waals surface area contributed by atoms with Gasteiger partial charge >= 0.3 is 5.97 Å². The fourth-order valence-corrected chi connectivity index (χ4v) is 2.24. The second-order valence-corrected chi connectivity index (χ2v) is 5.75. The zero-order valence-corrected chi connectivity index (χ0v) is 14.7. The Labute approximate surface area is 151 Å². The molecular formula is C19H20ClNO4. The maximum atomic E-state index is 11.7. The summed E-state index contributed by atoms with van der Waals surface area (Å²) in [6.45, 7) is 1.77. The summed E-state index contributed by atoms with van der Waals surface area (Å²) in [7, 11) is 0. The van der Waals surface area contributed by atoms with E-state index in [9.17, 15) is 9.59 Å². The van der Waals surface area contributed by atoms with E-state index >= 15 is 0 Å². The molecule has 0 unspecified atom stereocenters. The van der Waals surface area contributed by atoms with Crippen molar-refractivity contribution < 1.29 is 19.1 Å². The largest absolute Gasteiger partial charge is 0.482 e. The first-order valence-electron chi connectivity index (χ1n) is 7.96. The molecule has 0 atom stereocenters. The lowest BCUT2D eigenvalue weighted by Crippen LogP contribution is -2.29. The van der Waals surface area contributed by atoms with Crippen molar-refractivity contribution in [2.75, 3.05) is 13.2 Å². The molecule has 0 aliphatic carbocycles. The fraction of sp³-hybridized carbons (Fsp3) is 0.263. The van der Waals surface area contributed by atoms with Gasteiger partial charge < -0.3 is 14.8 Å². The molecule has 0 saturated carbocycles. The maximum absolute atomic E-state index is 11.7. The Morgan fingerprint density at radius 1 is 1.04 bits per heavy atom. The van der Waals surface area contributed by atoms with Gasteiger partial charge in [0.15, 0.2) is 13.2 Å². The zero-order chi connectivity index (χ0) is 18.1. The van der Waals surface area contributed by atoms with E-state index in [1.54, 1.807) is 18.2 Å². The number of hydrogen-bond acceptors (Lipinski definition) is 4. The average Bonchev–Trinajstić information content (AvgIpc) is 2.64. The van der Waals surface area contributed by atoms with Crippen LogP contribution in [0.5, 0.6) is 5.75 Å². The highest BCUT2D eigenvalue weighted by Crippen LogP contribution is 2.18. The third-order valence-corrected chi connectivity index (χ3v) is 3.72. The smallest absolute Gasteiger partial charge is 0.344 e. The van der Waals surface area contributed by atoms with Gasteiger partial charge in [-0.1, -0.05) is 48.9 Å². The number of carbonyl (C=O) groups excluding carboxylic acids is 2. The van der Waals surface area contributed by atoms with E-state index in [0.717, 1.165) is 17.5 Å². The summed E-state index contributed by atoms with van der Waals surface area (Å²) in [5.74, 6) is -0.320. The molecule has 0 fully saturated rings. The number of aryl methyl sites for hydroxylation is 1. The van der Waals surface area contributed by atoms with Crippen LogP contribution >= 0.6 is 11.6 Å². The van der Waals surface area contributed by atoms with Gasteiger partial charge in [0, 0.05) is 11.6 Å². The molecule has 6 heteroatoms. The van der Waals surface area contributed by atoms with Crippen molar-refractivity contribution in [3.63, 3.8) is 0 Å². The zero-order valence-electron chi connectivity index (χ0n) is 14.0. The molecule has 0 saturated heterocycles. The Bertz CT molecular complexity index is 716. The van der Waals surface area contributed by atoms with Gasteiger partial charge in [0.1, 0.15) is 5.75 Å². The van der Waals surface area contributed by atoms with E-state index in [1.807, 2.05) is 37.3 Å². The van der Waals surface area contributed by atoms with Crippen molar-refractivity contribution in [3.05, 3.63) is 64.7 Å². The normalized spacial score (nSPS) is 10.2. The van der Waals surface area contributed by atoms with Gasteiger partial charge in [-0.3, -0.25) is 4.79 Å². The Hall–Kier alpha value is -2.53. The number of ether oxygens (including phenoxy) is 2. The molecule has 1 amide bonds. The fourth-order valence-electron chi connectivity index (χ4n) is 2.12. The number of rotatable bonds is 8. The summed E-state index contributed by atoms with van der Waals surface area (Å²) in [5, 5.41) is 3.30. The molecule has 0 aliphatic heterocycles. The van der Waals surface area contributed by atoms with E-state index in [-0.39, 0.29) is 19.1 Å². The van der Waals surface area contributed by atoms with Gasteiger partial charge in [-0.15, -0.1) is 0 Å². The van der Waals surface area contributed by atoms with E-state index in [0.29, 0.717) is 17.3 Å². The molecule has 132 valence electrons. The van der Waals surface area contributed by atoms with Crippen LogP contribution in [0, 0.1) is 0 Å². The first-order chi connectivity index (χ1) is 12.1. The van der Waals surface area contributed by atoms with Crippen molar-refractivity contribution in [1.29, 1.82) is 0 Å². The molecule has 0 bridgehead atoms. The second-order valence-electron chi connectivity index (χ2n) is 5.31. The molecule has 0 heterocycles. The quantitative estimate of drug-likeness (QED) is 0.733. The van der Waals surface area contributed by atoms with E-state index in [1.165, 1.54) is 0 Å². The van der Waals surface area contributed by atoms with Crippen molar-refractivity contribution >= 4 is 23.5 Å². The van der Waals surface area contributed by atoms with Crippen LogP contribution in [-0.2, 0) is 27.3 Å². The summed E-state index contributed by atoms with van der Waals surface area (Å²) in [5.41, 5.74) is 1.92. The number of hydrogen-bond donors (Lipinski definition) is 1. The lowest BCUT2D eigenvalue weighted by atomic mass is 10.1. The number of nitrogens with one attached hydrogen (secondary N) is 1. The summed E-state index contributed by atoms with van der Waals surface area (Å²) in [4.78, 5) is 23.4. The van der Waals surface area contributed by atoms with Crippen LogP contribution in [0.25, 0.3) is 0 Å². The SMILES string of the molecule is CCc1ccccc1OCC(=O)OCC(=O)NCc1ccc(Cl)cc1. The Morgan fingerprint density at radius 2 is 1.76 bits per heavy atom. The molecule has 2 aromatic carbocycles. The van der Waals surface area contributed by atoms with E-state index in [4.69, 9.17) is 21.1 Å². The standard InChI is InChI=1S/C19H20ClNO4/c1-2-15-5-3-4-6-17(15)24-13-19(23)25-12-18(22)21-11-14-7-9-16(20)10-8-14/h3-10H,2,11-13H2,1H3,(H,21,22). The summed E-state index contributed by atoms with van der Waals surface area (Å²) in [6.07, 6.45) is 0.804. The Balaban J connectivity index is 1.68. The average molecular weight is 362 g/mol. The molecule has 0 radical (unpaired) electrons. The highest BCUT2D eigenvalue weighted by molar-refractivity contribution is 6.30. The minimum atomic E-state index is -0.590. The number of benzene rings is 2. The molecule has 2 aromatic rings. The summed E-state index contributed by atoms with van der Waals surface area (Å²) < 4.78 is 10.4. The molecule has 5 nitrogen and oxygen atoms in total. The van der Waals surface area contributed by atoms with Gasteiger partial charge in [-0.25, -0.2) is 4.79 Å². The van der Waals surface area contributed by atoms with Gasteiger partial charge in [0.05, 0.1) is 0 Å². The maximum Gasteiger partial charge on any atom is 0.344 e. The Morgan fingerprint density at radius 3 is 2.48 bits per heavy atom. The predicted octanol–water partition coefficient (Wildman–Crippen LogP) is 3.14. The van der Waals surface area contributed by atoms with Crippen LogP contribution < -0.4 is 10.1 Å². The lowest BCUT2D eigenvalue weighted by Gasteiger charge is -2.10. The monoisotopic (exact) mass is 361 g/mol. The minimum Gasteiger partial charge on any atom is -0.482 e. The van der Waals surface area contributed by atoms with Crippen molar-refractivity contribution in [3.8, 4) is 5.75 Å². The van der Waals surface area contributed by atoms with Crippen LogP contribution in [0.1, 0.15) is 18.1 Å². The third-order valence-electron chi connectivity index (χ3n) is 3.47. The van der Waals surface area contributed by atoms with E-state index < -0.39 is 5.97 Å². The molecule has 2 rings (SSSR count).